The summed E-state index contributed by atoms with van der Waals surface area (Å²) >= 11 is 0. The van der Waals surface area contributed by atoms with Gasteiger partial charge in [0, 0.05) is 6.92 Å². The van der Waals surface area contributed by atoms with Crippen molar-refractivity contribution in [2.75, 3.05) is 6.61 Å². The van der Waals surface area contributed by atoms with Gasteiger partial charge in [-0.05, 0) is 26.7 Å². The van der Waals surface area contributed by atoms with Crippen molar-refractivity contribution in [3.05, 3.63) is 11.6 Å². The number of hydrogen-bond acceptors (Lipinski definition) is 2. The van der Waals surface area contributed by atoms with Crippen molar-refractivity contribution in [2.24, 2.45) is 0 Å². The zero-order valence-corrected chi connectivity index (χ0v) is 7.52. The van der Waals surface area contributed by atoms with Crippen LogP contribution < -0.4 is 0 Å². The van der Waals surface area contributed by atoms with Crippen LogP contribution >= 0.6 is 0 Å². The van der Waals surface area contributed by atoms with Gasteiger partial charge in [0.25, 0.3) is 0 Å². The third-order valence-electron chi connectivity index (χ3n) is 1.21. The first kappa shape index (κ1) is 10.2. The van der Waals surface area contributed by atoms with E-state index < -0.39 is 0 Å². The van der Waals surface area contributed by atoms with E-state index in [4.69, 9.17) is 4.74 Å². The fourth-order valence-electron chi connectivity index (χ4n) is 0.690. The summed E-state index contributed by atoms with van der Waals surface area (Å²) in [7, 11) is 0. The van der Waals surface area contributed by atoms with Crippen molar-refractivity contribution in [1.29, 1.82) is 0 Å². The Balaban J connectivity index is 3.15. The smallest absolute Gasteiger partial charge is 0.302 e. The molecule has 0 aromatic heterocycles. The summed E-state index contributed by atoms with van der Waals surface area (Å²) < 4.78 is 4.76. The summed E-state index contributed by atoms with van der Waals surface area (Å²) in [6.45, 7) is 6.09. The number of esters is 1. The first-order valence-electron chi connectivity index (χ1n) is 3.89. The third kappa shape index (κ3) is 9.21. The van der Waals surface area contributed by atoms with E-state index in [1.165, 1.54) is 12.5 Å². The summed E-state index contributed by atoms with van der Waals surface area (Å²) in [6.07, 6.45) is 4.06. The topological polar surface area (TPSA) is 26.3 Å². The van der Waals surface area contributed by atoms with Crippen LogP contribution in [0.5, 0.6) is 0 Å². The molecule has 64 valence electrons. The molecular weight excluding hydrogens is 140 g/mol. The molecule has 0 aromatic rings. The molecular formula is C9H16O2. The predicted molar refractivity (Wildman–Crippen MR) is 45.3 cm³/mol. The number of ether oxygens (including phenoxy) is 1. The second-order valence-electron chi connectivity index (χ2n) is 2.76. The molecule has 0 spiro atoms. The molecule has 0 heterocycles. The molecule has 0 amide bonds. The Labute approximate surface area is 68.2 Å². The number of unbranched alkanes of at least 4 members (excludes halogenated alkanes) is 1. The molecule has 2 heteroatoms. The minimum absolute atomic E-state index is 0.192. The second kappa shape index (κ2) is 5.96. The number of hydrogen-bond donors (Lipinski definition) is 0. The Morgan fingerprint density at radius 2 is 2.00 bits per heavy atom. The maximum Gasteiger partial charge on any atom is 0.302 e. The second-order valence-corrected chi connectivity index (χ2v) is 2.76. The highest BCUT2D eigenvalue weighted by Crippen LogP contribution is 1.97. The van der Waals surface area contributed by atoms with Gasteiger partial charge in [-0.2, -0.15) is 0 Å². The van der Waals surface area contributed by atoms with Crippen LogP contribution in [0, 0.1) is 0 Å². The summed E-state index contributed by atoms with van der Waals surface area (Å²) in [4.78, 5) is 10.3. The van der Waals surface area contributed by atoms with Crippen molar-refractivity contribution in [3.63, 3.8) is 0 Å². The highest BCUT2D eigenvalue weighted by atomic mass is 16.5. The van der Waals surface area contributed by atoms with E-state index >= 15 is 0 Å². The van der Waals surface area contributed by atoms with Crippen LogP contribution in [-0.2, 0) is 9.53 Å². The molecule has 0 aliphatic heterocycles. The molecule has 0 unspecified atom stereocenters. The quantitative estimate of drug-likeness (QED) is 0.354. The maximum absolute atomic E-state index is 10.3. The summed E-state index contributed by atoms with van der Waals surface area (Å²) in [6, 6.07) is 0. The van der Waals surface area contributed by atoms with E-state index in [1.807, 2.05) is 0 Å². The molecule has 0 saturated heterocycles. The SMILES string of the molecule is CC(=O)OCCCC=C(C)C. The van der Waals surface area contributed by atoms with Crippen molar-refractivity contribution in [3.8, 4) is 0 Å². The summed E-state index contributed by atoms with van der Waals surface area (Å²) in [5.74, 6) is -0.192. The normalized spacial score (nSPS) is 9.00. The molecule has 0 rings (SSSR count). The van der Waals surface area contributed by atoms with Gasteiger partial charge < -0.3 is 4.74 Å². The van der Waals surface area contributed by atoms with Gasteiger partial charge in [0.1, 0.15) is 0 Å². The predicted octanol–water partition coefficient (Wildman–Crippen LogP) is 2.30. The lowest BCUT2D eigenvalue weighted by Gasteiger charge is -1.98. The van der Waals surface area contributed by atoms with Crippen molar-refractivity contribution < 1.29 is 9.53 Å². The fourth-order valence-corrected chi connectivity index (χ4v) is 0.690. The number of allylic oxidation sites excluding steroid dienone is 2. The van der Waals surface area contributed by atoms with Crippen LogP contribution in [0.2, 0.25) is 0 Å². The molecule has 0 fully saturated rings. The van der Waals surface area contributed by atoms with E-state index in [9.17, 15) is 4.79 Å². The fraction of sp³-hybridized carbons (Fsp3) is 0.667. The lowest BCUT2D eigenvalue weighted by atomic mass is 10.2. The first-order chi connectivity index (χ1) is 5.13. The van der Waals surface area contributed by atoms with Crippen LogP contribution in [0.1, 0.15) is 33.6 Å². The highest BCUT2D eigenvalue weighted by Gasteiger charge is 1.90. The zero-order chi connectivity index (χ0) is 8.69. The van der Waals surface area contributed by atoms with Crippen LogP contribution in [0.25, 0.3) is 0 Å². The van der Waals surface area contributed by atoms with Gasteiger partial charge in [0.15, 0.2) is 0 Å². The first-order valence-corrected chi connectivity index (χ1v) is 3.89. The minimum Gasteiger partial charge on any atom is -0.466 e. The lowest BCUT2D eigenvalue weighted by Crippen LogP contribution is -1.99. The van der Waals surface area contributed by atoms with Gasteiger partial charge in [0.2, 0.25) is 0 Å². The van der Waals surface area contributed by atoms with Crippen LogP contribution in [0.3, 0.4) is 0 Å². The number of carbonyl (C=O) groups excluding carboxylic acids is 1. The molecule has 11 heavy (non-hydrogen) atoms. The van der Waals surface area contributed by atoms with Gasteiger partial charge in [0.05, 0.1) is 6.61 Å². The van der Waals surface area contributed by atoms with Gasteiger partial charge in [-0.15, -0.1) is 0 Å². The van der Waals surface area contributed by atoms with Crippen LogP contribution in [0.15, 0.2) is 11.6 Å². The Morgan fingerprint density at radius 3 is 2.45 bits per heavy atom. The Kier molecular flexibility index (Phi) is 5.53. The lowest BCUT2D eigenvalue weighted by molar-refractivity contribution is -0.141. The van der Waals surface area contributed by atoms with Crippen molar-refractivity contribution >= 4 is 5.97 Å². The Bertz CT molecular complexity index is 144. The van der Waals surface area contributed by atoms with Gasteiger partial charge in [-0.1, -0.05) is 11.6 Å². The van der Waals surface area contributed by atoms with E-state index in [0.717, 1.165) is 12.8 Å². The molecule has 0 radical (unpaired) electrons. The van der Waals surface area contributed by atoms with Gasteiger partial charge >= 0.3 is 5.97 Å². The molecule has 0 aromatic carbocycles. The van der Waals surface area contributed by atoms with Crippen molar-refractivity contribution in [1.82, 2.24) is 0 Å². The molecule has 0 atom stereocenters. The van der Waals surface area contributed by atoms with E-state index in [-0.39, 0.29) is 5.97 Å². The van der Waals surface area contributed by atoms with Crippen LogP contribution in [-0.4, -0.2) is 12.6 Å². The zero-order valence-electron chi connectivity index (χ0n) is 7.52. The third-order valence-corrected chi connectivity index (χ3v) is 1.21. The Hall–Kier alpha value is -0.790. The molecule has 0 saturated carbocycles. The standard InChI is InChI=1S/C9H16O2/c1-8(2)6-4-5-7-11-9(3)10/h6H,4-5,7H2,1-3H3. The largest absolute Gasteiger partial charge is 0.466 e. The minimum atomic E-state index is -0.192. The molecule has 0 aliphatic carbocycles. The van der Waals surface area contributed by atoms with Crippen molar-refractivity contribution in [2.45, 2.75) is 33.6 Å². The monoisotopic (exact) mass is 156 g/mol. The molecule has 2 nitrogen and oxygen atoms in total. The molecule has 0 aliphatic rings. The van der Waals surface area contributed by atoms with E-state index in [0.29, 0.717) is 6.61 Å². The van der Waals surface area contributed by atoms with Gasteiger partial charge in [-0.3, -0.25) is 4.79 Å². The van der Waals surface area contributed by atoms with E-state index in [1.54, 1.807) is 0 Å². The maximum atomic E-state index is 10.3. The average Bonchev–Trinajstić information content (AvgIpc) is 1.85. The molecule has 0 bridgehead atoms. The average molecular weight is 156 g/mol. The highest BCUT2D eigenvalue weighted by molar-refractivity contribution is 5.65. The summed E-state index contributed by atoms with van der Waals surface area (Å²) in [5.41, 5.74) is 1.31. The van der Waals surface area contributed by atoms with E-state index in [2.05, 4.69) is 19.9 Å². The molecule has 0 N–H and O–H groups in total. The van der Waals surface area contributed by atoms with Gasteiger partial charge in [-0.25, -0.2) is 0 Å². The van der Waals surface area contributed by atoms with Crippen LogP contribution in [0.4, 0.5) is 0 Å². The summed E-state index contributed by atoms with van der Waals surface area (Å²) in [5, 5.41) is 0. The number of rotatable bonds is 4. The Morgan fingerprint density at radius 1 is 1.36 bits per heavy atom. The number of carbonyl (C=O) groups is 1.